The molecule has 0 unspecified atom stereocenters. The van der Waals surface area contributed by atoms with Crippen LogP contribution in [0.15, 0.2) is 49.6 Å². The summed E-state index contributed by atoms with van der Waals surface area (Å²) in [5, 5.41) is 17.4. The minimum Gasteiger partial charge on any atom is -0.503 e. The summed E-state index contributed by atoms with van der Waals surface area (Å²) in [4.78, 5) is 0. The summed E-state index contributed by atoms with van der Waals surface area (Å²) in [6.07, 6.45) is 4.61. The fourth-order valence-corrected chi connectivity index (χ4v) is 1.84. The van der Waals surface area contributed by atoms with Crippen LogP contribution < -0.4 is 4.74 Å². The lowest BCUT2D eigenvalue weighted by molar-refractivity contribution is 0.372. The van der Waals surface area contributed by atoms with Crippen molar-refractivity contribution in [3.63, 3.8) is 0 Å². The molecule has 0 amide bonds. The van der Waals surface area contributed by atoms with Gasteiger partial charge in [0.05, 0.1) is 30.3 Å². The Morgan fingerprint density at radius 1 is 1.32 bits per heavy atom. The van der Waals surface area contributed by atoms with Crippen molar-refractivity contribution in [2.75, 3.05) is 7.11 Å². The molecule has 2 rings (SSSR count). The molecule has 1 heterocycles. The molecule has 0 aliphatic rings. The minimum atomic E-state index is 0.0544. The topological polar surface area (TPSA) is 67.3 Å². The van der Waals surface area contributed by atoms with Gasteiger partial charge in [-0.25, -0.2) is 0 Å². The van der Waals surface area contributed by atoms with Gasteiger partial charge in [-0.3, -0.25) is 0 Å². The van der Waals surface area contributed by atoms with Gasteiger partial charge >= 0.3 is 0 Å². The minimum absolute atomic E-state index is 0.0544. The number of halogens is 1. The van der Waals surface area contributed by atoms with Crippen molar-refractivity contribution in [3.05, 3.63) is 46.3 Å². The van der Waals surface area contributed by atoms with Crippen LogP contribution in [0.5, 0.6) is 11.5 Å². The maximum absolute atomic E-state index is 9.66. The van der Waals surface area contributed by atoms with Crippen LogP contribution in [0.4, 0.5) is 0 Å². The largest absolute Gasteiger partial charge is 0.503 e. The van der Waals surface area contributed by atoms with Crippen LogP contribution in [0.2, 0.25) is 0 Å². The van der Waals surface area contributed by atoms with E-state index >= 15 is 0 Å². The van der Waals surface area contributed by atoms with E-state index in [0.717, 1.165) is 5.56 Å². The molecule has 6 heteroatoms. The number of hydrogen-bond acceptors (Lipinski definition) is 5. The van der Waals surface area contributed by atoms with Gasteiger partial charge in [0.2, 0.25) is 0 Å². The normalized spacial score (nSPS) is 11.5. The van der Waals surface area contributed by atoms with Gasteiger partial charge in [0.15, 0.2) is 11.5 Å². The summed E-state index contributed by atoms with van der Waals surface area (Å²) in [5.41, 5.74) is 0.748. The summed E-state index contributed by atoms with van der Waals surface area (Å²) in [5.74, 6) is 1.05. The molecule has 1 N–H and O–H groups in total. The van der Waals surface area contributed by atoms with Crippen LogP contribution >= 0.6 is 15.9 Å². The average Bonchev–Trinajstić information content (AvgIpc) is 2.91. The lowest BCUT2D eigenvalue weighted by Crippen LogP contribution is -1.88. The van der Waals surface area contributed by atoms with Gasteiger partial charge in [0.25, 0.3) is 0 Å². The van der Waals surface area contributed by atoms with Crippen molar-refractivity contribution < 1.29 is 14.3 Å². The standard InChI is InChI=1S/C13H11BrN2O3/c1-18-12-6-9(5-11(14)13(12)17)7-15-16-8-10-3-2-4-19-10/h2-8,17H,1H3/b15-7-,16-8+. The Balaban J connectivity index is 2.13. The highest BCUT2D eigenvalue weighted by Gasteiger charge is 2.07. The number of methoxy groups -OCH3 is 1. The van der Waals surface area contributed by atoms with E-state index in [2.05, 4.69) is 26.1 Å². The van der Waals surface area contributed by atoms with E-state index in [1.165, 1.54) is 13.3 Å². The number of furan rings is 1. The quantitative estimate of drug-likeness (QED) is 0.694. The van der Waals surface area contributed by atoms with Gasteiger partial charge in [-0.05, 0) is 45.8 Å². The zero-order valence-electron chi connectivity index (χ0n) is 10.1. The Bertz CT molecular complexity index is 607. The van der Waals surface area contributed by atoms with Gasteiger partial charge < -0.3 is 14.3 Å². The number of rotatable bonds is 4. The summed E-state index contributed by atoms with van der Waals surface area (Å²) < 4.78 is 10.6. The van der Waals surface area contributed by atoms with Gasteiger partial charge in [0.1, 0.15) is 5.76 Å². The number of hydrogen-bond donors (Lipinski definition) is 1. The highest BCUT2D eigenvalue weighted by molar-refractivity contribution is 9.10. The molecule has 0 fully saturated rings. The molecule has 19 heavy (non-hydrogen) atoms. The number of ether oxygens (including phenoxy) is 1. The summed E-state index contributed by atoms with van der Waals surface area (Å²) >= 11 is 3.23. The van der Waals surface area contributed by atoms with Gasteiger partial charge in [-0.2, -0.15) is 10.2 Å². The van der Waals surface area contributed by atoms with Crippen LogP contribution in [0.3, 0.4) is 0 Å². The second-order valence-electron chi connectivity index (χ2n) is 3.56. The van der Waals surface area contributed by atoms with Crippen molar-refractivity contribution in [1.82, 2.24) is 0 Å². The Morgan fingerprint density at radius 3 is 2.79 bits per heavy atom. The third-order valence-electron chi connectivity index (χ3n) is 2.27. The number of phenolic OH excluding ortho intramolecular Hbond substituents is 1. The first-order valence-electron chi connectivity index (χ1n) is 5.37. The highest BCUT2D eigenvalue weighted by Crippen LogP contribution is 2.34. The van der Waals surface area contributed by atoms with E-state index in [-0.39, 0.29) is 5.75 Å². The van der Waals surface area contributed by atoms with Crippen molar-refractivity contribution in [1.29, 1.82) is 0 Å². The average molecular weight is 323 g/mol. The van der Waals surface area contributed by atoms with Crippen LogP contribution in [-0.2, 0) is 0 Å². The molecule has 0 radical (unpaired) electrons. The summed E-state index contributed by atoms with van der Waals surface area (Å²) in [6, 6.07) is 6.92. The van der Waals surface area contributed by atoms with Gasteiger partial charge in [-0.15, -0.1) is 0 Å². The molecule has 98 valence electrons. The fraction of sp³-hybridized carbons (Fsp3) is 0.0769. The third-order valence-corrected chi connectivity index (χ3v) is 2.88. The Morgan fingerprint density at radius 2 is 2.11 bits per heavy atom. The lowest BCUT2D eigenvalue weighted by Gasteiger charge is -2.05. The zero-order valence-corrected chi connectivity index (χ0v) is 11.7. The lowest BCUT2D eigenvalue weighted by atomic mass is 10.2. The van der Waals surface area contributed by atoms with E-state index in [9.17, 15) is 5.11 Å². The summed E-state index contributed by atoms with van der Waals surface area (Å²) in [6.45, 7) is 0. The molecule has 0 spiro atoms. The molecule has 0 saturated heterocycles. The Kier molecular flexibility index (Phi) is 4.35. The highest BCUT2D eigenvalue weighted by atomic mass is 79.9. The predicted molar refractivity (Wildman–Crippen MR) is 76.3 cm³/mol. The molecule has 0 bridgehead atoms. The molecule has 1 aromatic heterocycles. The number of nitrogens with zero attached hydrogens (tertiary/aromatic N) is 2. The monoisotopic (exact) mass is 322 g/mol. The zero-order chi connectivity index (χ0) is 13.7. The number of phenols is 1. The molecule has 0 saturated carbocycles. The summed E-state index contributed by atoms with van der Waals surface area (Å²) in [7, 11) is 1.48. The van der Waals surface area contributed by atoms with Crippen molar-refractivity contribution >= 4 is 28.4 Å². The predicted octanol–water partition coefficient (Wildman–Crippen LogP) is 3.21. The van der Waals surface area contributed by atoms with Crippen LogP contribution in [0.25, 0.3) is 0 Å². The number of aromatic hydroxyl groups is 1. The smallest absolute Gasteiger partial charge is 0.172 e. The van der Waals surface area contributed by atoms with Crippen molar-refractivity contribution in [2.24, 2.45) is 10.2 Å². The first-order chi connectivity index (χ1) is 9.20. The van der Waals surface area contributed by atoms with Crippen molar-refractivity contribution in [2.45, 2.75) is 0 Å². The maximum Gasteiger partial charge on any atom is 0.172 e. The molecular formula is C13H11BrN2O3. The van der Waals surface area contributed by atoms with E-state index in [1.807, 2.05) is 0 Å². The van der Waals surface area contributed by atoms with Crippen LogP contribution in [0.1, 0.15) is 11.3 Å². The molecule has 5 nitrogen and oxygen atoms in total. The van der Waals surface area contributed by atoms with Gasteiger partial charge in [-0.1, -0.05) is 0 Å². The fourth-order valence-electron chi connectivity index (χ4n) is 1.38. The first-order valence-corrected chi connectivity index (χ1v) is 6.16. The Labute approximate surface area is 118 Å². The van der Waals surface area contributed by atoms with Crippen molar-refractivity contribution in [3.8, 4) is 11.5 Å². The molecular weight excluding hydrogens is 312 g/mol. The van der Waals surface area contributed by atoms with Gasteiger partial charge in [0, 0.05) is 0 Å². The third kappa shape index (κ3) is 3.45. The second-order valence-corrected chi connectivity index (χ2v) is 4.41. The SMILES string of the molecule is COc1cc(/C=N\N=C\c2ccco2)cc(Br)c1O. The molecule has 1 aromatic carbocycles. The second kappa shape index (κ2) is 6.19. The van der Waals surface area contributed by atoms with E-state index in [4.69, 9.17) is 9.15 Å². The Hall–Kier alpha value is -2.08. The maximum atomic E-state index is 9.66. The number of benzene rings is 1. The first kappa shape index (κ1) is 13.4. The molecule has 2 aromatic rings. The van der Waals surface area contributed by atoms with E-state index < -0.39 is 0 Å². The molecule has 0 aliphatic carbocycles. The molecule has 0 aliphatic heterocycles. The van der Waals surface area contributed by atoms with E-state index in [1.54, 1.807) is 36.7 Å². The van der Waals surface area contributed by atoms with Crippen LogP contribution in [0, 0.1) is 0 Å². The molecule has 0 atom stereocenters. The van der Waals surface area contributed by atoms with Crippen LogP contribution in [-0.4, -0.2) is 24.6 Å². The van der Waals surface area contributed by atoms with E-state index in [0.29, 0.717) is 16.0 Å².